The number of benzene rings is 4. The van der Waals surface area contributed by atoms with Gasteiger partial charge in [-0.1, -0.05) is 78.4 Å². The molecule has 1 aromatic heterocycles. The first kappa shape index (κ1) is 32.0. The molecule has 9 heteroatoms. The number of esters is 1. The number of ether oxygens (including phenoxy) is 2. The van der Waals surface area contributed by atoms with Gasteiger partial charge in [0, 0.05) is 16.5 Å². The molecule has 49 heavy (non-hydrogen) atoms. The molecule has 0 radical (unpaired) electrons. The van der Waals surface area contributed by atoms with Crippen LogP contribution in [0.3, 0.4) is 0 Å². The second kappa shape index (κ2) is 13.5. The van der Waals surface area contributed by atoms with Crippen molar-refractivity contribution >= 4 is 51.8 Å². The number of fused-ring (bicyclic) bond motifs is 2. The van der Waals surface area contributed by atoms with Crippen molar-refractivity contribution in [3.63, 3.8) is 0 Å². The monoisotopic (exact) mass is 670 g/mol. The summed E-state index contributed by atoms with van der Waals surface area (Å²) in [6.07, 6.45) is 3.95. The van der Waals surface area contributed by atoms with Gasteiger partial charge >= 0.3 is 5.97 Å². The number of Topliss-reactive ketones (excluding diaryl/α,β-unsaturated/α-hetero) is 1. The second-order valence-electron chi connectivity index (χ2n) is 12.1. The number of para-hydroxylation sites is 1. The van der Waals surface area contributed by atoms with Gasteiger partial charge in [0.15, 0.2) is 6.10 Å². The molecule has 5 aromatic rings. The summed E-state index contributed by atoms with van der Waals surface area (Å²) in [5.41, 5.74) is 3.54. The molecular formula is C40H31ClN2O6. The van der Waals surface area contributed by atoms with E-state index in [2.05, 4.69) is 0 Å². The minimum atomic E-state index is -1.08. The molecule has 3 atom stereocenters. The average molecular weight is 671 g/mol. The van der Waals surface area contributed by atoms with E-state index >= 15 is 0 Å². The number of carbonyl (C=O) groups excluding carboxylic acids is 4. The summed E-state index contributed by atoms with van der Waals surface area (Å²) in [5.74, 6) is -1.50. The topological polar surface area (TPSA) is 103 Å². The van der Waals surface area contributed by atoms with Crippen LogP contribution in [0.25, 0.3) is 22.2 Å². The molecule has 0 N–H and O–H groups in total. The Morgan fingerprint density at radius 2 is 1.53 bits per heavy atom. The average Bonchev–Trinajstić information content (AvgIpc) is 3.39. The number of imide groups is 1. The van der Waals surface area contributed by atoms with Gasteiger partial charge in [0.05, 0.1) is 39.3 Å². The number of hydrogen-bond acceptors (Lipinski definition) is 7. The second-order valence-corrected chi connectivity index (χ2v) is 12.5. The maximum Gasteiger partial charge on any atom is 0.339 e. The predicted octanol–water partition coefficient (Wildman–Crippen LogP) is 8.02. The van der Waals surface area contributed by atoms with Crippen molar-refractivity contribution in [1.29, 1.82) is 0 Å². The van der Waals surface area contributed by atoms with Crippen LogP contribution in [0.2, 0.25) is 5.02 Å². The Morgan fingerprint density at radius 3 is 2.20 bits per heavy atom. The van der Waals surface area contributed by atoms with E-state index in [-0.39, 0.29) is 35.0 Å². The molecule has 0 bridgehead atoms. The van der Waals surface area contributed by atoms with Gasteiger partial charge in [-0.25, -0.2) is 9.78 Å². The molecule has 4 aromatic carbocycles. The van der Waals surface area contributed by atoms with E-state index in [1.165, 1.54) is 11.8 Å². The van der Waals surface area contributed by atoms with E-state index in [9.17, 15) is 19.2 Å². The predicted molar refractivity (Wildman–Crippen MR) is 186 cm³/mol. The number of rotatable bonds is 9. The molecule has 1 fully saturated rings. The van der Waals surface area contributed by atoms with Gasteiger partial charge < -0.3 is 9.47 Å². The zero-order chi connectivity index (χ0) is 34.1. The van der Waals surface area contributed by atoms with Crippen molar-refractivity contribution in [3.8, 4) is 17.0 Å². The van der Waals surface area contributed by atoms with Crippen LogP contribution in [-0.2, 0) is 20.9 Å². The van der Waals surface area contributed by atoms with Crippen molar-refractivity contribution in [2.45, 2.75) is 32.5 Å². The van der Waals surface area contributed by atoms with E-state index in [1.807, 2.05) is 42.5 Å². The van der Waals surface area contributed by atoms with Crippen LogP contribution in [0.15, 0.2) is 115 Å². The maximum atomic E-state index is 13.6. The van der Waals surface area contributed by atoms with Crippen molar-refractivity contribution in [1.82, 2.24) is 4.98 Å². The largest absolute Gasteiger partial charge is 0.489 e. The van der Waals surface area contributed by atoms with Crippen LogP contribution < -0.4 is 9.64 Å². The lowest BCUT2D eigenvalue weighted by molar-refractivity contribution is -0.122. The number of ketones is 1. The lowest BCUT2D eigenvalue weighted by Gasteiger charge is -2.16. The van der Waals surface area contributed by atoms with E-state index in [0.717, 1.165) is 5.56 Å². The molecule has 3 unspecified atom stereocenters. The van der Waals surface area contributed by atoms with Gasteiger partial charge in [-0.15, -0.1) is 0 Å². The third-order valence-corrected chi connectivity index (χ3v) is 9.28. The van der Waals surface area contributed by atoms with Gasteiger partial charge in [0.25, 0.3) is 0 Å². The molecule has 8 nitrogen and oxygen atoms in total. The number of nitrogens with zero attached hydrogens (tertiary/aromatic N) is 2. The number of hydrogen-bond donors (Lipinski definition) is 0. The summed E-state index contributed by atoms with van der Waals surface area (Å²) in [5, 5.41) is 0.815. The highest BCUT2D eigenvalue weighted by molar-refractivity contribution is 6.35. The highest BCUT2D eigenvalue weighted by Crippen LogP contribution is 2.38. The Hall–Kier alpha value is -5.60. The van der Waals surface area contributed by atoms with E-state index in [4.69, 9.17) is 26.1 Å². The molecule has 2 aliphatic rings. The zero-order valence-corrected chi connectivity index (χ0v) is 27.3. The van der Waals surface area contributed by atoms with Gasteiger partial charge in [0.2, 0.25) is 17.6 Å². The van der Waals surface area contributed by atoms with Gasteiger partial charge in [-0.05, 0) is 73.9 Å². The molecule has 1 aliphatic heterocycles. The van der Waals surface area contributed by atoms with Crippen LogP contribution in [0.4, 0.5) is 5.69 Å². The highest BCUT2D eigenvalue weighted by atomic mass is 35.5. The summed E-state index contributed by atoms with van der Waals surface area (Å²) < 4.78 is 11.5. The Bertz CT molecular complexity index is 2090. The number of aromatic nitrogens is 1. The quantitative estimate of drug-likeness (QED) is 0.0677. The fourth-order valence-corrected chi connectivity index (χ4v) is 6.55. The van der Waals surface area contributed by atoms with Crippen molar-refractivity contribution in [2.24, 2.45) is 11.8 Å². The molecular weight excluding hydrogens is 640 g/mol. The normalized spacial score (nSPS) is 17.6. The summed E-state index contributed by atoms with van der Waals surface area (Å²) in [4.78, 5) is 59.1. The fourth-order valence-electron chi connectivity index (χ4n) is 6.33. The van der Waals surface area contributed by atoms with Crippen LogP contribution in [-0.4, -0.2) is 34.7 Å². The van der Waals surface area contributed by atoms with Gasteiger partial charge in [0.1, 0.15) is 12.4 Å². The fraction of sp³-hybridized carbons (Fsp3) is 0.175. The minimum absolute atomic E-state index is 0.191. The number of anilines is 1. The van der Waals surface area contributed by atoms with Crippen molar-refractivity contribution < 1.29 is 28.7 Å². The SMILES string of the molecule is CC(OC(=O)c1cc(-c2ccc(N3C(=O)C4CC=CCC4C3=O)cc2)nc2c(Cl)cccc12)C(=O)c1ccc(OCc2ccccc2)cc1. The van der Waals surface area contributed by atoms with E-state index in [1.54, 1.807) is 72.8 Å². The number of halogens is 1. The summed E-state index contributed by atoms with van der Waals surface area (Å²) in [6.45, 7) is 1.93. The third kappa shape index (κ3) is 6.35. The molecule has 1 saturated heterocycles. The Labute approximate surface area is 287 Å². The minimum Gasteiger partial charge on any atom is -0.489 e. The lowest BCUT2D eigenvalue weighted by atomic mass is 9.85. The van der Waals surface area contributed by atoms with E-state index in [0.29, 0.717) is 63.6 Å². The molecule has 0 saturated carbocycles. The number of amides is 2. The van der Waals surface area contributed by atoms with Crippen LogP contribution in [0.5, 0.6) is 5.75 Å². The smallest absolute Gasteiger partial charge is 0.339 e. The van der Waals surface area contributed by atoms with Crippen LogP contribution >= 0.6 is 11.6 Å². The molecule has 1 aliphatic carbocycles. The number of allylic oxidation sites excluding steroid dienone is 2. The number of carbonyl (C=O) groups is 4. The first-order chi connectivity index (χ1) is 23.8. The van der Waals surface area contributed by atoms with Crippen LogP contribution in [0, 0.1) is 11.8 Å². The number of pyridine rings is 1. The molecule has 7 rings (SSSR count). The molecule has 2 heterocycles. The summed E-state index contributed by atoms with van der Waals surface area (Å²) in [6, 6.07) is 30.1. The Kier molecular flexibility index (Phi) is 8.80. The Morgan fingerprint density at radius 1 is 0.857 bits per heavy atom. The van der Waals surface area contributed by atoms with Crippen LogP contribution in [0.1, 0.15) is 46.0 Å². The molecule has 0 spiro atoms. The van der Waals surface area contributed by atoms with Crippen molar-refractivity contribution in [2.75, 3.05) is 4.90 Å². The Balaban J connectivity index is 1.09. The lowest BCUT2D eigenvalue weighted by Crippen LogP contribution is -2.30. The maximum absolute atomic E-state index is 13.6. The van der Waals surface area contributed by atoms with E-state index < -0.39 is 12.1 Å². The first-order valence-corrected chi connectivity index (χ1v) is 16.4. The summed E-state index contributed by atoms with van der Waals surface area (Å²) >= 11 is 6.54. The third-order valence-electron chi connectivity index (χ3n) is 8.98. The van der Waals surface area contributed by atoms with Gasteiger partial charge in [-0.2, -0.15) is 0 Å². The first-order valence-electron chi connectivity index (χ1n) is 16.0. The standard InChI is InChI=1S/C40H31ClN2O6/c1-24(37(44)27-16-20-29(21-17-27)48-23-25-8-3-2-4-9-25)49-40(47)33-22-35(42-36-30(33)12-7-13-34(36)41)26-14-18-28(19-15-26)43-38(45)31-10-5-6-11-32(31)39(43)46/h2-9,12-22,24,31-32H,10-11,23H2,1H3. The highest BCUT2D eigenvalue weighted by Gasteiger charge is 2.47. The molecule has 2 amide bonds. The summed E-state index contributed by atoms with van der Waals surface area (Å²) in [7, 11) is 0. The molecule has 244 valence electrons. The zero-order valence-electron chi connectivity index (χ0n) is 26.5. The van der Waals surface area contributed by atoms with Gasteiger partial charge in [-0.3, -0.25) is 19.3 Å². The van der Waals surface area contributed by atoms with Crippen molar-refractivity contribution in [3.05, 3.63) is 137 Å².